The Morgan fingerprint density at radius 2 is 2.08 bits per heavy atom. The van der Waals surface area contributed by atoms with Gasteiger partial charge in [-0.05, 0) is 24.3 Å². The van der Waals surface area contributed by atoms with E-state index in [0.29, 0.717) is 17.1 Å². The summed E-state index contributed by atoms with van der Waals surface area (Å²) < 4.78 is 10.5. The number of nitrogens with one attached hydrogen (secondary N) is 1. The third kappa shape index (κ3) is 4.59. The molecule has 0 atom stereocenters. The lowest BCUT2D eigenvalue weighted by Gasteiger charge is -2.11. The van der Waals surface area contributed by atoms with E-state index < -0.39 is 10.8 Å². The summed E-state index contributed by atoms with van der Waals surface area (Å²) in [5, 5.41) is 22.1. The minimum atomic E-state index is -0.643. The molecule has 0 heterocycles. The summed E-state index contributed by atoms with van der Waals surface area (Å²) >= 11 is 5.71. The fourth-order valence-corrected chi connectivity index (χ4v) is 2.11. The average Bonchev–Trinajstić information content (AvgIpc) is 2.61. The van der Waals surface area contributed by atoms with Crippen molar-refractivity contribution in [3.63, 3.8) is 0 Å². The quantitative estimate of drug-likeness (QED) is 0.624. The first-order valence-corrected chi connectivity index (χ1v) is 7.27. The number of nitrogens with zero attached hydrogens (tertiary/aromatic N) is 2. The van der Waals surface area contributed by atoms with Crippen LogP contribution in [0.2, 0.25) is 5.02 Å². The van der Waals surface area contributed by atoms with E-state index in [-0.39, 0.29) is 23.0 Å². The maximum absolute atomic E-state index is 11.9. The van der Waals surface area contributed by atoms with E-state index in [1.54, 1.807) is 0 Å². The Morgan fingerprint density at radius 1 is 1.32 bits per heavy atom. The van der Waals surface area contributed by atoms with Gasteiger partial charge in [-0.1, -0.05) is 11.6 Å². The standard InChI is InChI=1S/C16H12ClN3O5/c1-24-15-6-10(8-18)2-5-14(15)25-9-16(21)19-11-3-4-12(17)13(7-11)20(22)23/h2-7H,9H2,1H3,(H,19,21). The van der Waals surface area contributed by atoms with Gasteiger partial charge >= 0.3 is 0 Å². The Bertz CT molecular complexity index is 863. The molecule has 0 aliphatic carbocycles. The third-order valence-electron chi connectivity index (χ3n) is 3.08. The van der Waals surface area contributed by atoms with Gasteiger partial charge in [-0.3, -0.25) is 14.9 Å². The molecule has 0 bridgehead atoms. The molecule has 0 aliphatic rings. The van der Waals surface area contributed by atoms with Crippen LogP contribution in [0.1, 0.15) is 5.56 Å². The Morgan fingerprint density at radius 3 is 2.72 bits per heavy atom. The van der Waals surface area contributed by atoms with Crippen LogP contribution in [0, 0.1) is 21.4 Å². The monoisotopic (exact) mass is 361 g/mol. The van der Waals surface area contributed by atoms with Gasteiger partial charge in [0, 0.05) is 17.8 Å². The minimum Gasteiger partial charge on any atom is -0.493 e. The summed E-state index contributed by atoms with van der Waals surface area (Å²) in [4.78, 5) is 22.1. The van der Waals surface area contributed by atoms with Gasteiger partial charge in [-0.25, -0.2) is 0 Å². The maximum atomic E-state index is 11.9. The van der Waals surface area contributed by atoms with Crippen molar-refractivity contribution >= 4 is 28.9 Å². The topological polar surface area (TPSA) is 114 Å². The van der Waals surface area contributed by atoms with Crippen LogP contribution in [0.25, 0.3) is 0 Å². The fraction of sp³-hybridized carbons (Fsp3) is 0.125. The Balaban J connectivity index is 2.03. The number of carbonyl (C=O) groups excluding carboxylic acids is 1. The van der Waals surface area contributed by atoms with Crippen molar-refractivity contribution in [1.29, 1.82) is 5.26 Å². The van der Waals surface area contributed by atoms with Gasteiger partial charge in [0.25, 0.3) is 11.6 Å². The molecule has 0 saturated carbocycles. The number of carbonyl (C=O) groups is 1. The van der Waals surface area contributed by atoms with Crippen molar-refractivity contribution < 1.29 is 19.2 Å². The number of hydrogen-bond donors (Lipinski definition) is 1. The first-order valence-electron chi connectivity index (χ1n) is 6.89. The molecule has 2 aromatic carbocycles. The van der Waals surface area contributed by atoms with Gasteiger partial charge in [-0.2, -0.15) is 5.26 Å². The van der Waals surface area contributed by atoms with E-state index in [1.807, 2.05) is 6.07 Å². The summed E-state index contributed by atoms with van der Waals surface area (Å²) in [6.07, 6.45) is 0. The summed E-state index contributed by atoms with van der Waals surface area (Å²) in [5.74, 6) is 0.0794. The number of halogens is 1. The first kappa shape index (κ1) is 18.0. The summed E-state index contributed by atoms with van der Waals surface area (Å²) in [6, 6.07) is 10.4. The number of benzene rings is 2. The number of ether oxygens (including phenoxy) is 2. The Kier molecular flexibility index (Phi) is 5.76. The van der Waals surface area contributed by atoms with E-state index in [1.165, 1.54) is 37.4 Å². The molecule has 1 N–H and O–H groups in total. The van der Waals surface area contributed by atoms with Crippen LogP contribution in [0.5, 0.6) is 11.5 Å². The highest BCUT2D eigenvalue weighted by molar-refractivity contribution is 6.32. The fourth-order valence-electron chi connectivity index (χ4n) is 1.93. The molecule has 0 aromatic heterocycles. The zero-order valence-electron chi connectivity index (χ0n) is 13.0. The van der Waals surface area contributed by atoms with E-state index >= 15 is 0 Å². The van der Waals surface area contributed by atoms with E-state index in [9.17, 15) is 14.9 Å². The number of nitro groups is 1. The molecule has 2 aromatic rings. The third-order valence-corrected chi connectivity index (χ3v) is 3.40. The molecule has 0 spiro atoms. The first-order chi connectivity index (χ1) is 11.9. The van der Waals surface area contributed by atoms with Crippen molar-refractivity contribution in [2.24, 2.45) is 0 Å². The van der Waals surface area contributed by atoms with Crippen LogP contribution in [0.15, 0.2) is 36.4 Å². The number of rotatable bonds is 6. The van der Waals surface area contributed by atoms with E-state index in [2.05, 4.69) is 5.32 Å². The molecule has 0 unspecified atom stereocenters. The van der Waals surface area contributed by atoms with Crippen LogP contribution >= 0.6 is 11.6 Å². The highest BCUT2D eigenvalue weighted by Gasteiger charge is 2.14. The maximum Gasteiger partial charge on any atom is 0.289 e. The average molecular weight is 362 g/mol. The van der Waals surface area contributed by atoms with E-state index in [4.69, 9.17) is 26.3 Å². The normalized spacial score (nSPS) is 9.80. The highest BCUT2D eigenvalue weighted by atomic mass is 35.5. The van der Waals surface area contributed by atoms with Crippen LogP contribution in [0.3, 0.4) is 0 Å². The van der Waals surface area contributed by atoms with Gasteiger partial charge in [0.1, 0.15) is 5.02 Å². The summed E-state index contributed by atoms with van der Waals surface area (Å²) in [5.41, 5.74) is 0.299. The zero-order valence-corrected chi connectivity index (χ0v) is 13.7. The number of nitro benzene ring substituents is 1. The van der Waals surface area contributed by atoms with Gasteiger partial charge in [0.05, 0.1) is 23.7 Å². The second-order valence-corrected chi connectivity index (χ2v) is 5.14. The Hall–Kier alpha value is -3.31. The highest BCUT2D eigenvalue weighted by Crippen LogP contribution is 2.29. The van der Waals surface area contributed by atoms with Crippen LogP contribution < -0.4 is 14.8 Å². The molecule has 9 heteroatoms. The van der Waals surface area contributed by atoms with E-state index in [0.717, 1.165) is 6.07 Å². The molecule has 0 saturated heterocycles. The lowest BCUT2D eigenvalue weighted by atomic mass is 10.2. The smallest absolute Gasteiger partial charge is 0.289 e. The molecular weight excluding hydrogens is 350 g/mol. The number of amides is 1. The number of methoxy groups -OCH3 is 1. The van der Waals surface area contributed by atoms with Crippen molar-refractivity contribution in [3.05, 3.63) is 57.1 Å². The Labute approximate surface area is 147 Å². The number of anilines is 1. The van der Waals surface area contributed by atoms with Crippen molar-refractivity contribution in [1.82, 2.24) is 0 Å². The van der Waals surface area contributed by atoms with Crippen LogP contribution in [0.4, 0.5) is 11.4 Å². The predicted molar refractivity (Wildman–Crippen MR) is 89.9 cm³/mol. The van der Waals surface area contributed by atoms with Crippen LogP contribution in [-0.2, 0) is 4.79 Å². The molecule has 2 rings (SSSR count). The molecule has 0 aliphatic heterocycles. The molecule has 0 radical (unpaired) electrons. The SMILES string of the molecule is COc1cc(C#N)ccc1OCC(=O)Nc1ccc(Cl)c([N+](=O)[O-])c1. The molecule has 8 nitrogen and oxygen atoms in total. The molecule has 0 fully saturated rings. The predicted octanol–water partition coefficient (Wildman–Crippen LogP) is 3.15. The molecule has 25 heavy (non-hydrogen) atoms. The second-order valence-electron chi connectivity index (χ2n) is 4.74. The summed E-state index contributed by atoms with van der Waals surface area (Å²) in [7, 11) is 1.41. The van der Waals surface area contributed by atoms with Crippen molar-refractivity contribution in [3.8, 4) is 17.6 Å². The number of hydrogen-bond acceptors (Lipinski definition) is 6. The van der Waals surface area contributed by atoms with Gasteiger partial charge in [0.2, 0.25) is 0 Å². The largest absolute Gasteiger partial charge is 0.493 e. The molecule has 1 amide bonds. The lowest BCUT2D eigenvalue weighted by molar-refractivity contribution is -0.384. The van der Waals surface area contributed by atoms with Gasteiger partial charge in [0.15, 0.2) is 18.1 Å². The van der Waals surface area contributed by atoms with Crippen LogP contribution in [-0.4, -0.2) is 24.5 Å². The van der Waals surface area contributed by atoms with Gasteiger partial charge in [-0.15, -0.1) is 0 Å². The second kappa shape index (κ2) is 7.99. The molecular formula is C16H12ClN3O5. The van der Waals surface area contributed by atoms with Gasteiger partial charge < -0.3 is 14.8 Å². The summed E-state index contributed by atoms with van der Waals surface area (Å²) in [6.45, 7) is -0.349. The van der Waals surface area contributed by atoms with Crippen molar-refractivity contribution in [2.45, 2.75) is 0 Å². The van der Waals surface area contributed by atoms with Crippen molar-refractivity contribution in [2.75, 3.05) is 19.0 Å². The molecule has 128 valence electrons. The number of nitriles is 1. The lowest BCUT2D eigenvalue weighted by Crippen LogP contribution is -2.20. The zero-order chi connectivity index (χ0) is 18.4. The minimum absolute atomic E-state index is 0.0263.